The Hall–Kier alpha value is -0.550. The minimum atomic E-state index is -0.145. The molecular formula is C10H20N2. The molecule has 0 aromatic carbocycles. The van der Waals surface area contributed by atoms with Gasteiger partial charge >= 0.3 is 0 Å². The summed E-state index contributed by atoms with van der Waals surface area (Å²) in [6.45, 7) is 8.28. The first-order valence-electron chi connectivity index (χ1n) is 4.74. The molecule has 0 bridgehead atoms. The average Bonchev–Trinajstić information content (AvgIpc) is 2.04. The van der Waals surface area contributed by atoms with E-state index in [2.05, 4.69) is 18.3 Å². The van der Waals surface area contributed by atoms with E-state index in [1.807, 2.05) is 13.8 Å². The molecule has 0 aromatic heterocycles. The van der Waals surface area contributed by atoms with Crippen LogP contribution in [-0.2, 0) is 0 Å². The van der Waals surface area contributed by atoms with E-state index in [4.69, 9.17) is 5.26 Å². The lowest BCUT2D eigenvalue weighted by atomic mass is 9.90. The van der Waals surface area contributed by atoms with Gasteiger partial charge in [-0.1, -0.05) is 6.92 Å². The molecule has 0 heterocycles. The molecule has 0 radical (unpaired) electrons. The number of hydrogen-bond acceptors (Lipinski definition) is 2. The summed E-state index contributed by atoms with van der Waals surface area (Å²) in [7, 11) is 0. The van der Waals surface area contributed by atoms with Crippen LogP contribution < -0.4 is 5.32 Å². The fraction of sp³-hybridized carbons (Fsp3) is 0.900. The van der Waals surface area contributed by atoms with Gasteiger partial charge in [0.2, 0.25) is 0 Å². The van der Waals surface area contributed by atoms with Crippen LogP contribution in [0.1, 0.15) is 40.0 Å². The smallest absolute Gasteiger partial charge is 0.0683 e. The Morgan fingerprint density at radius 2 is 2.00 bits per heavy atom. The summed E-state index contributed by atoms with van der Waals surface area (Å²) < 4.78 is 0. The van der Waals surface area contributed by atoms with Gasteiger partial charge in [0, 0.05) is 0 Å². The van der Waals surface area contributed by atoms with Gasteiger partial charge in [0.25, 0.3) is 0 Å². The first-order chi connectivity index (χ1) is 5.62. The van der Waals surface area contributed by atoms with Crippen LogP contribution in [0.15, 0.2) is 0 Å². The zero-order valence-corrected chi connectivity index (χ0v) is 8.48. The van der Waals surface area contributed by atoms with Crippen molar-refractivity contribution in [2.45, 2.75) is 40.0 Å². The molecule has 0 atom stereocenters. The van der Waals surface area contributed by atoms with E-state index in [0.29, 0.717) is 0 Å². The molecule has 1 N–H and O–H groups in total. The van der Waals surface area contributed by atoms with Crippen LogP contribution in [0.25, 0.3) is 0 Å². The first-order valence-corrected chi connectivity index (χ1v) is 4.74. The Labute approximate surface area is 76.0 Å². The molecule has 0 spiro atoms. The number of nitrogens with one attached hydrogen (secondary N) is 1. The van der Waals surface area contributed by atoms with Crippen LogP contribution in [0, 0.1) is 16.7 Å². The van der Waals surface area contributed by atoms with Crippen LogP contribution in [0.3, 0.4) is 0 Å². The molecule has 0 aliphatic rings. The summed E-state index contributed by atoms with van der Waals surface area (Å²) in [6.07, 6.45) is 3.27. The van der Waals surface area contributed by atoms with Gasteiger partial charge in [-0.15, -0.1) is 0 Å². The SMILES string of the molecule is CCCNCCCC(C)(C)C#N. The van der Waals surface area contributed by atoms with Crippen molar-refractivity contribution in [2.24, 2.45) is 5.41 Å². The first kappa shape index (κ1) is 11.4. The van der Waals surface area contributed by atoms with Gasteiger partial charge in [-0.05, 0) is 46.2 Å². The minimum absolute atomic E-state index is 0.145. The number of nitriles is 1. The van der Waals surface area contributed by atoms with Crippen molar-refractivity contribution in [1.29, 1.82) is 5.26 Å². The Morgan fingerprint density at radius 3 is 2.50 bits per heavy atom. The lowest BCUT2D eigenvalue weighted by Crippen LogP contribution is -2.18. The Balaban J connectivity index is 3.27. The number of hydrogen-bond donors (Lipinski definition) is 1. The van der Waals surface area contributed by atoms with Crippen molar-refractivity contribution in [2.75, 3.05) is 13.1 Å². The van der Waals surface area contributed by atoms with Crippen LogP contribution in [0.4, 0.5) is 0 Å². The van der Waals surface area contributed by atoms with Crippen molar-refractivity contribution >= 4 is 0 Å². The maximum absolute atomic E-state index is 8.73. The molecule has 0 fully saturated rings. The van der Waals surface area contributed by atoms with Gasteiger partial charge in [0.15, 0.2) is 0 Å². The third kappa shape index (κ3) is 6.18. The lowest BCUT2D eigenvalue weighted by molar-refractivity contribution is 0.426. The van der Waals surface area contributed by atoms with Crippen LogP contribution >= 0.6 is 0 Å². The van der Waals surface area contributed by atoms with E-state index in [1.165, 1.54) is 6.42 Å². The van der Waals surface area contributed by atoms with Crippen molar-refractivity contribution < 1.29 is 0 Å². The normalized spacial score (nSPS) is 11.2. The second kappa shape index (κ2) is 6.02. The van der Waals surface area contributed by atoms with E-state index in [9.17, 15) is 0 Å². The zero-order valence-electron chi connectivity index (χ0n) is 8.48. The quantitative estimate of drug-likeness (QED) is 0.618. The Morgan fingerprint density at radius 1 is 1.33 bits per heavy atom. The van der Waals surface area contributed by atoms with Crippen LogP contribution in [0.2, 0.25) is 0 Å². The Kier molecular flexibility index (Phi) is 5.74. The van der Waals surface area contributed by atoms with Crippen molar-refractivity contribution in [1.82, 2.24) is 5.32 Å². The number of rotatable bonds is 6. The molecule has 70 valence electrons. The third-order valence-electron chi connectivity index (χ3n) is 1.88. The molecule has 0 rings (SSSR count). The fourth-order valence-electron chi connectivity index (χ4n) is 1.01. The van der Waals surface area contributed by atoms with Gasteiger partial charge in [-0.2, -0.15) is 5.26 Å². The molecule has 12 heavy (non-hydrogen) atoms. The van der Waals surface area contributed by atoms with E-state index >= 15 is 0 Å². The minimum Gasteiger partial charge on any atom is -0.317 e. The predicted octanol–water partition coefficient (Wildman–Crippen LogP) is 2.32. The summed E-state index contributed by atoms with van der Waals surface area (Å²) in [5.74, 6) is 0. The average molecular weight is 168 g/mol. The second-order valence-electron chi connectivity index (χ2n) is 3.85. The van der Waals surface area contributed by atoms with Crippen molar-refractivity contribution in [3.8, 4) is 6.07 Å². The lowest BCUT2D eigenvalue weighted by Gasteiger charge is -2.14. The molecule has 0 saturated heterocycles. The molecule has 0 saturated carbocycles. The standard InChI is InChI=1S/C10H20N2/c1-4-7-12-8-5-6-10(2,3)9-11/h12H,4-8H2,1-3H3. The van der Waals surface area contributed by atoms with E-state index < -0.39 is 0 Å². The van der Waals surface area contributed by atoms with E-state index in [-0.39, 0.29) is 5.41 Å². The van der Waals surface area contributed by atoms with E-state index in [0.717, 1.165) is 25.9 Å². The van der Waals surface area contributed by atoms with Crippen molar-refractivity contribution in [3.05, 3.63) is 0 Å². The maximum Gasteiger partial charge on any atom is 0.0683 e. The van der Waals surface area contributed by atoms with Crippen molar-refractivity contribution in [3.63, 3.8) is 0 Å². The molecule has 0 aromatic rings. The molecule has 2 nitrogen and oxygen atoms in total. The molecule has 0 aliphatic heterocycles. The third-order valence-corrected chi connectivity index (χ3v) is 1.88. The predicted molar refractivity (Wildman–Crippen MR) is 51.8 cm³/mol. The summed E-state index contributed by atoms with van der Waals surface area (Å²) in [5.41, 5.74) is -0.145. The highest BCUT2D eigenvalue weighted by molar-refractivity contribution is 4.91. The monoisotopic (exact) mass is 168 g/mol. The summed E-state index contributed by atoms with van der Waals surface area (Å²) >= 11 is 0. The Bertz CT molecular complexity index is 144. The topological polar surface area (TPSA) is 35.8 Å². The second-order valence-corrected chi connectivity index (χ2v) is 3.85. The summed E-state index contributed by atoms with van der Waals surface area (Å²) in [4.78, 5) is 0. The zero-order chi connectivity index (χ0) is 9.45. The maximum atomic E-state index is 8.73. The fourth-order valence-corrected chi connectivity index (χ4v) is 1.01. The largest absolute Gasteiger partial charge is 0.317 e. The van der Waals surface area contributed by atoms with Gasteiger partial charge < -0.3 is 5.32 Å². The summed E-state index contributed by atoms with van der Waals surface area (Å²) in [6, 6.07) is 2.30. The van der Waals surface area contributed by atoms with Gasteiger partial charge in [-0.25, -0.2) is 0 Å². The molecule has 0 amide bonds. The molecule has 2 heteroatoms. The van der Waals surface area contributed by atoms with Crippen LogP contribution in [0.5, 0.6) is 0 Å². The summed E-state index contributed by atoms with van der Waals surface area (Å²) in [5, 5.41) is 12.0. The molecular weight excluding hydrogens is 148 g/mol. The van der Waals surface area contributed by atoms with Gasteiger partial charge in [0.05, 0.1) is 11.5 Å². The van der Waals surface area contributed by atoms with E-state index in [1.54, 1.807) is 0 Å². The highest BCUT2D eigenvalue weighted by Gasteiger charge is 2.14. The van der Waals surface area contributed by atoms with Gasteiger partial charge in [-0.3, -0.25) is 0 Å². The van der Waals surface area contributed by atoms with Gasteiger partial charge in [0.1, 0.15) is 0 Å². The molecule has 0 unspecified atom stereocenters. The number of nitrogens with zero attached hydrogens (tertiary/aromatic N) is 1. The highest BCUT2D eigenvalue weighted by atomic mass is 14.8. The molecule has 0 aliphatic carbocycles. The van der Waals surface area contributed by atoms with Crippen LogP contribution in [-0.4, -0.2) is 13.1 Å². The highest BCUT2D eigenvalue weighted by Crippen LogP contribution is 2.19.